The zero-order valence-electron chi connectivity index (χ0n) is 11.8. The second-order valence-electron chi connectivity index (χ2n) is 6.03. The largest absolute Gasteiger partial charge is 0.329 e. The van der Waals surface area contributed by atoms with Gasteiger partial charge in [0.05, 0.1) is 0 Å². The molecule has 0 bridgehead atoms. The van der Waals surface area contributed by atoms with E-state index in [0.29, 0.717) is 6.04 Å². The molecule has 0 aromatic carbocycles. The van der Waals surface area contributed by atoms with Crippen molar-refractivity contribution in [2.75, 3.05) is 13.6 Å². The smallest absolute Gasteiger partial charge is 0.0356 e. The average molecular weight is 226 g/mol. The summed E-state index contributed by atoms with van der Waals surface area (Å²) >= 11 is 0. The van der Waals surface area contributed by atoms with Crippen LogP contribution in [-0.2, 0) is 0 Å². The topological polar surface area (TPSA) is 29.3 Å². The third-order valence-electron chi connectivity index (χ3n) is 4.48. The quantitative estimate of drug-likeness (QED) is 0.723. The highest BCUT2D eigenvalue weighted by atomic mass is 15.2. The van der Waals surface area contributed by atoms with Crippen LogP contribution in [-0.4, -0.2) is 30.1 Å². The van der Waals surface area contributed by atoms with E-state index in [1.807, 2.05) is 0 Å². The Morgan fingerprint density at radius 1 is 1.31 bits per heavy atom. The fourth-order valence-electron chi connectivity index (χ4n) is 3.18. The summed E-state index contributed by atoms with van der Waals surface area (Å²) < 4.78 is 0. The molecule has 1 saturated carbocycles. The Balaban J connectivity index is 2.69. The van der Waals surface area contributed by atoms with Crippen LogP contribution in [0.25, 0.3) is 0 Å². The van der Waals surface area contributed by atoms with Crippen LogP contribution in [0, 0.1) is 11.8 Å². The molecule has 2 heteroatoms. The van der Waals surface area contributed by atoms with Crippen molar-refractivity contribution in [2.24, 2.45) is 17.6 Å². The van der Waals surface area contributed by atoms with Gasteiger partial charge in [-0.1, -0.05) is 20.8 Å². The first-order valence-electron chi connectivity index (χ1n) is 6.91. The Kier molecular flexibility index (Phi) is 4.81. The molecule has 2 unspecified atom stereocenters. The lowest BCUT2D eigenvalue weighted by Gasteiger charge is -2.45. The predicted molar refractivity (Wildman–Crippen MR) is 71.5 cm³/mol. The van der Waals surface area contributed by atoms with Gasteiger partial charge in [-0.05, 0) is 51.5 Å². The van der Waals surface area contributed by atoms with Crippen LogP contribution in [0.1, 0.15) is 53.4 Å². The molecule has 1 aliphatic rings. The van der Waals surface area contributed by atoms with E-state index < -0.39 is 0 Å². The second kappa shape index (κ2) is 5.50. The molecule has 1 fully saturated rings. The van der Waals surface area contributed by atoms with E-state index in [-0.39, 0.29) is 5.54 Å². The molecule has 0 aliphatic heterocycles. The summed E-state index contributed by atoms with van der Waals surface area (Å²) in [6, 6.07) is 0.643. The van der Waals surface area contributed by atoms with Crippen molar-refractivity contribution < 1.29 is 0 Å². The van der Waals surface area contributed by atoms with Crippen LogP contribution in [0.15, 0.2) is 0 Å². The summed E-state index contributed by atoms with van der Waals surface area (Å²) in [5, 5.41) is 0. The molecular weight excluding hydrogens is 196 g/mol. The number of likely N-dealkylation sites (N-methyl/N-ethyl adjacent to an activating group) is 1. The summed E-state index contributed by atoms with van der Waals surface area (Å²) in [5.74, 6) is 1.62. The molecule has 1 rings (SSSR count). The Bertz CT molecular complexity index is 205. The maximum Gasteiger partial charge on any atom is 0.0356 e. The minimum Gasteiger partial charge on any atom is -0.329 e. The van der Waals surface area contributed by atoms with Crippen molar-refractivity contribution in [2.45, 2.75) is 65.0 Å². The first-order valence-corrected chi connectivity index (χ1v) is 6.91. The predicted octanol–water partition coefficient (Wildman–Crippen LogP) is 2.87. The Morgan fingerprint density at radius 2 is 1.88 bits per heavy atom. The molecule has 0 heterocycles. The van der Waals surface area contributed by atoms with Crippen molar-refractivity contribution in [3.63, 3.8) is 0 Å². The Labute approximate surface area is 102 Å². The fourth-order valence-corrected chi connectivity index (χ4v) is 3.18. The maximum absolute atomic E-state index is 6.09. The molecule has 2 atom stereocenters. The maximum atomic E-state index is 6.09. The van der Waals surface area contributed by atoms with Gasteiger partial charge in [0.15, 0.2) is 0 Å². The van der Waals surface area contributed by atoms with Gasteiger partial charge in [0.2, 0.25) is 0 Å². The van der Waals surface area contributed by atoms with Crippen LogP contribution in [0.4, 0.5) is 0 Å². The minimum absolute atomic E-state index is 0.272. The van der Waals surface area contributed by atoms with E-state index in [1.54, 1.807) is 0 Å². The third-order valence-corrected chi connectivity index (χ3v) is 4.48. The van der Waals surface area contributed by atoms with Crippen molar-refractivity contribution in [1.82, 2.24) is 4.90 Å². The average Bonchev–Trinajstić information content (AvgIpc) is 3.03. The van der Waals surface area contributed by atoms with Crippen LogP contribution >= 0.6 is 0 Å². The summed E-state index contributed by atoms with van der Waals surface area (Å²) in [4.78, 5) is 2.57. The molecular formula is C14H30N2. The van der Waals surface area contributed by atoms with Crippen molar-refractivity contribution >= 4 is 0 Å². The Hall–Kier alpha value is -0.0800. The van der Waals surface area contributed by atoms with E-state index >= 15 is 0 Å². The van der Waals surface area contributed by atoms with Gasteiger partial charge in [0.25, 0.3) is 0 Å². The first-order chi connectivity index (χ1) is 7.47. The van der Waals surface area contributed by atoms with E-state index in [2.05, 4.69) is 39.6 Å². The highest BCUT2D eigenvalue weighted by Gasteiger charge is 2.46. The molecule has 0 saturated heterocycles. The van der Waals surface area contributed by atoms with Crippen LogP contribution in [0.2, 0.25) is 0 Å². The minimum atomic E-state index is 0.272. The molecule has 0 amide bonds. The second-order valence-corrected chi connectivity index (χ2v) is 6.03. The van der Waals surface area contributed by atoms with Crippen molar-refractivity contribution in [3.05, 3.63) is 0 Å². The molecule has 0 aromatic rings. The van der Waals surface area contributed by atoms with Gasteiger partial charge in [-0.3, -0.25) is 4.90 Å². The van der Waals surface area contributed by atoms with Gasteiger partial charge in [-0.15, -0.1) is 0 Å². The van der Waals surface area contributed by atoms with Crippen molar-refractivity contribution in [1.29, 1.82) is 0 Å². The summed E-state index contributed by atoms with van der Waals surface area (Å²) in [6.07, 6.45) is 5.21. The van der Waals surface area contributed by atoms with Crippen LogP contribution < -0.4 is 5.73 Å². The Morgan fingerprint density at radius 3 is 2.19 bits per heavy atom. The highest BCUT2D eigenvalue weighted by molar-refractivity contribution is 5.02. The molecule has 0 aromatic heterocycles. The lowest BCUT2D eigenvalue weighted by Crippen LogP contribution is -2.56. The third kappa shape index (κ3) is 2.78. The zero-order valence-corrected chi connectivity index (χ0v) is 11.8. The number of nitrogens with zero attached hydrogens (tertiary/aromatic N) is 1. The van der Waals surface area contributed by atoms with Gasteiger partial charge in [0.1, 0.15) is 0 Å². The van der Waals surface area contributed by atoms with Gasteiger partial charge in [-0.25, -0.2) is 0 Å². The fraction of sp³-hybridized carbons (Fsp3) is 1.00. The number of nitrogens with two attached hydrogens (primary N) is 1. The van der Waals surface area contributed by atoms with E-state index in [9.17, 15) is 0 Å². The number of rotatable bonds is 7. The monoisotopic (exact) mass is 226 g/mol. The van der Waals surface area contributed by atoms with Gasteiger partial charge in [-0.2, -0.15) is 0 Å². The first kappa shape index (κ1) is 14.0. The standard InChI is InChI=1S/C14H30N2/c1-6-14(10-15,13-7-8-13)16(5)12(4)9-11(2)3/h11-13H,6-10,15H2,1-5H3. The molecule has 2 N–H and O–H groups in total. The lowest BCUT2D eigenvalue weighted by atomic mass is 9.86. The van der Waals surface area contributed by atoms with Crippen LogP contribution in [0.3, 0.4) is 0 Å². The van der Waals surface area contributed by atoms with E-state index in [1.165, 1.54) is 25.7 Å². The summed E-state index contributed by atoms with van der Waals surface area (Å²) in [6.45, 7) is 10.1. The highest BCUT2D eigenvalue weighted by Crippen LogP contribution is 2.45. The molecule has 1 aliphatic carbocycles. The van der Waals surface area contributed by atoms with Gasteiger partial charge >= 0.3 is 0 Å². The summed E-state index contributed by atoms with van der Waals surface area (Å²) in [7, 11) is 2.28. The number of hydrogen-bond donors (Lipinski definition) is 1. The zero-order chi connectivity index (χ0) is 12.3. The lowest BCUT2D eigenvalue weighted by molar-refractivity contribution is 0.0516. The van der Waals surface area contributed by atoms with Crippen LogP contribution in [0.5, 0.6) is 0 Å². The van der Waals surface area contributed by atoms with Crippen molar-refractivity contribution in [3.8, 4) is 0 Å². The normalized spacial score (nSPS) is 22.5. The van der Waals surface area contributed by atoms with E-state index in [4.69, 9.17) is 5.73 Å². The molecule has 96 valence electrons. The molecule has 0 spiro atoms. The van der Waals surface area contributed by atoms with Gasteiger partial charge in [0, 0.05) is 18.1 Å². The molecule has 2 nitrogen and oxygen atoms in total. The summed E-state index contributed by atoms with van der Waals surface area (Å²) in [5.41, 5.74) is 6.36. The number of hydrogen-bond acceptors (Lipinski definition) is 2. The SMILES string of the molecule is CCC(CN)(C1CC1)N(C)C(C)CC(C)C. The van der Waals surface area contributed by atoms with Gasteiger partial charge < -0.3 is 5.73 Å². The van der Waals surface area contributed by atoms with E-state index in [0.717, 1.165) is 18.4 Å². The molecule has 16 heavy (non-hydrogen) atoms. The molecule has 0 radical (unpaired) electrons.